The van der Waals surface area contributed by atoms with Crippen molar-refractivity contribution in [3.8, 4) is 11.5 Å². The van der Waals surface area contributed by atoms with Gasteiger partial charge in [-0.2, -0.15) is 13.2 Å². The fourth-order valence-corrected chi connectivity index (χ4v) is 1.76. The number of nitro groups is 1. The van der Waals surface area contributed by atoms with E-state index in [0.717, 1.165) is 6.07 Å². The van der Waals surface area contributed by atoms with Gasteiger partial charge in [-0.25, -0.2) is 0 Å². The average Bonchev–Trinajstić information content (AvgIpc) is 2.48. The monoisotopic (exact) mass is 337 g/mol. The van der Waals surface area contributed by atoms with Crippen LogP contribution in [-0.4, -0.2) is 29.4 Å². The molecule has 1 unspecified atom stereocenters. The van der Waals surface area contributed by atoms with Crippen LogP contribution in [-0.2, 0) is 0 Å². The Bertz CT molecular complexity index is 548. The summed E-state index contributed by atoms with van der Waals surface area (Å²) in [4.78, 5) is 10.2. The van der Waals surface area contributed by atoms with E-state index in [9.17, 15) is 28.4 Å². The van der Waals surface area contributed by atoms with Crippen LogP contribution in [0, 0.1) is 10.1 Å². The Hall–Kier alpha value is -2.03. The molecule has 0 bridgehead atoms. The highest BCUT2D eigenvalue weighted by Crippen LogP contribution is 2.42. The maximum absolute atomic E-state index is 12.8. The summed E-state index contributed by atoms with van der Waals surface area (Å²) in [7, 11) is 0. The Morgan fingerprint density at radius 2 is 1.70 bits per heavy atom. The molecule has 0 fully saturated rings. The zero-order valence-electron chi connectivity index (χ0n) is 12.7. The summed E-state index contributed by atoms with van der Waals surface area (Å²) in [6, 6.07) is 1.67. The van der Waals surface area contributed by atoms with Crippen molar-refractivity contribution in [2.45, 2.75) is 39.0 Å². The van der Waals surface area contributed by atoms with Crippen molar-refractivity contribution in [3.05, 3.63) is 27.8 Å². The topological polar surface area (TPSA) is 81.8 Å². The zero-order valence-corrected chi connectivity index (χ0v) is 12.7. The molecule has 0 amide bonds. The standard InChI is InChI=1S/C14H18F3NO5/c1-3-5-22-11-8-12(23-6-4-2)10(18(20)21)7-9(11)13(19)14(15,16)17/h7-8,13,19H,3-6H2,1-2H3. The highest BCUT2D eigenvalue weighted by molar-refractivity contribution is 5.56. The van der Waals surface area contributed by atoms with E-state index in [1.54, 1.807) is 13.8 Å². The Kier molecular flexibility index (Phi) is 6.62. The van der Waals surface area contributed by atoms with Gasteiger partial charge < -0.3 is 14.6 Å². The summed E-state index contributed by atoms with van der Waals surface area (Å²) in [6.07, 6.45) is -6.77. The molecular formula is C14H18F3NO5. The molecule has 0 aliphatic heterocycles. The highest BCUT2D eigenvalue weighted by Gasteiger charge is 2.42. The van der Waals surface area contributed by atoms with Crippen molar-refractivity contribution < 1.29 is 32.7 Å². The van der Waals surface area contributed by atoms with Crippen LogP contribution in [0.1, 0.15) is 38.4 Å². The second-order valence-electron chi connectivity index (χ2n) is 4.76. The van der Waals surface area contributed by atoms with Crippen LogP contribution in [0.4, 0.5) is 18.9 Å². The van der Waals surface area contributed by atoms with Crippen molar-refractivity contribution in [1.29, 1.82) is 0 Å². The minimum Gasteiger partial charge on any atom is -0.493 e. The summed E-state index contributed by atoms with van der Waals surface area (Å²) >= 11 is 0. The van der Waals surface area contributed by atoms with Gasteiger partial charge in [0.25, 0.3) is 0 Å². The van der Waals surface area contributed by atoms with Gasteiger partial charge >= 0.3 is 11.9 Å². The second-order valence-corrected chi connectivity index (χ2v) is 4.76. The van der Waals surface area contributed by atoms with E-state index >= 15 is 0 Å². The lowest BCUT2D eigenvalue weighted by molar-refractivity contribution is -0.386. The van der Waals surface area contributed by atoms with Gasteiger partial charge in [0.15, 0.2) is 6.10 Å². The molecule has 0 heterocycles. The Morgan fingerprint density at radius 3 is 2.13 bits per heavy atom. The van der Waals surface area contributed by atoms with Gasteiger partial charge in [0.1, 0.15) is 5.75 Å². The minimum atomic E-state index is -4.97. The highest BCUT2D eigenvalue weighted by atomic mass is 19.4. The molecule has 1 atom stereocenters. The quantitative estimate of drug-likeness (QED) is 0.577. The van der Waals surface area contributed by atoms with E-state index in [-0.39, 0.29) is 24.7 Å². The first kappa shape index (κ1) is 19.0. The fraction of sp³-hybridized carbons (Fsp3) is 0.571. The number of aliphatic hydroxyl groups excluding tert-OH is 1. The van der Waals surface area contributed by atoms with E-state index in [1.165, 1.54) is 0 Å². The van der Waals surface area contributed by atoms with E-state index in [2.05, 4.69) is 0 Å². The number of halogens is 3. The van der Waals surface area contributed by atoms with Crippen LogP contribution in [0.3, 0.4) is 0 Å². The Labute approximate surface area is 131 Å². The van der Waals surface area contributed by atoms with E-state index in [4.69, 9.17) is 9.47 Å². The number of hydrogen-bond acceptors (Lipinski definition) is 5. The maximum atomic E-state index is 12.8. The average molecular weight is 337 g/mol. The smallest absolute Gasteiger partial charge is 0.418 e. The maximum Gasteiger partial charge on any atom is 0.418 e. The molecule has 0 aromatic heterocycles. The number of nitro benzene ring substituents is 1. The molecular weight excluding hydrogens is 319 g/mol. The van der Waals surface area contributed by atoms with Crippen molar-refractivity contribution in [3.63, 3.8) is 0 Å². The van der Waals surface area contributed by atoms with Crippen LogP contribution < -0.4 is 9.47 Å². The normalized spacial score (nSPS) is 12.8. The van der Waals surface area contributed by atoms with Crippen molar-refractivity contribution in [1.82, 2.24) is 0 Å². The Balaban J connectivity index is 3.40. The Morgan fingerprint density at radius 1 is 1.17 bits per heavy atom. The van der Waals surface area contributed by atoms with Crippen LogP contribution in [0.2, 0.25) is 0 Å². The number of benzene rings is 1. The molecule has 6 nitrogen and oxygen atoms in total. The second kappa shape index (κ2) is 8.00. The summed E-state index contributed by atoms with van der Waals surface area (Å²) in [5.74, 6) is -0.477. The molecule has 1 rings (SSSR count). The van der Waals surface area contributed by atoms with Crippen LogP contribution in [0.15, 0.2) is 12.1 Å². The molecule has 1 aromatic carbocycles. The van der Waals surface area contributed by atoms with E-state index < -0.39 is 28.5 Å². The zero-order chi connectivity index (χ0) is 17.6. The lowest BCUT2D eigenvalue weighted by Gasteiger charge is -2.19. The van der Waals surface area contributed by atoms with Gasteiger partial charge in [0.05, 0.1) is 18.1 Å². The number of hydrogen-bond donors (Lipinski definition) is 1. The molecule has 0 saturated carbocycles. The fourth-order valence-electron chi connectivity index (χ4n) is 1.76. The summed E-state index contributed by atoms with van der Waals surface area (Å²) in [6.45, 7) is 3.79. The van der Waals surface area contributed by atoms with E-state index in [0.29, 0.717) is 18.9 Å². The third-order valence-electron chi connectivity index (χ3n) is 2.82. The van der Waals surface area contributed by atoms with Gasteiger partial charge in [-0.3, -0.25) is 10.1 Å². The third-order valence-corrected chi connectivity index (χ3v) is 2.82. The van der Waals surface area contributed by atoms with Gasteiger partial charge in [-0.1, -0.05) is 13.8 Å². The van der Waals surface area contributed by atoms with Gasteiger partial charge in [-0.15, -0.1) is 0 Å². The molecule has 23 heavy (non-hydrogen) atoms. The van der Waals surface area contributed by atoms with Crippen LogP contribution in [0.25, 0.3) is 0 Å². The molecule has 0 saturated heterocycles. The van der Waals surface area contributed by atoms with Gasteiger partial charge in [0, 0.05) is 17.7 Å². The lowest BCUT2D eigenvalue weighted by Crippen LogP contribution is -2.21. The predicted molar refractivity (Wildman–Crippen MR) is 75.7 cm³/mol. The number of ether oxygens (including phenoxy) is 2. The van der Waals surface area contributed by atoms with E-state index in [1.807, 2.05) is 0 Å². The first-order valence-electron chi connectivity index (χ1n) is 7.05. The van der Waals surface area contributed by atoms with Crippen molar-refractivity contribution in [2.75, 3.05) is 13.2 Å². The predicted octanol–water partition coefficient (Wildman–Crippen LogP) is 3.77. The molecule has 0 spiro atoms. The lowest BCUT2D eigenvalue weighted by atomic mass is 10.1. The molecule has 0 radical (unpaired) electrons. The van der Waals surface area contributed by atoms with Crippen molar-refractivity contribution in [2.24, 2.45) is 0 Å². The SMILES string of the molecule is CCCOc1cc(OCCC)c([N+](=O)[O-])cc1C(O)C(F)(F)F. The van der Waals surface area contributed by atoms with Crippen molar-refractivity contribution >= 4 is 5.69 Å². The largest absolute Gasteiger partial charge is 0.493 e. The number of aliphatic hydroxyl groups is 1. The van der Waals surface area contributed by atoms with Crippen LogP contribution in [0.5, 0.6) is 11.5 Å². The summed E-state index contributed by atoms with van der Waals surface area (Å²) in [5, 5.41) is 20.5. The number of nitrogens with zero attached hydrogens (tertiary/aromatic N) is 1. The van der Waals surface area contributed by atoms with Crippen LogP contribution >= 0.6 is 0 Å². The van der Waals surface area contributed by atoms with Gasteiger partial charge in [0.2, 0.25) is 5.75 Å². The number of rotatable bonds is 8. The number of alkyl halides is 3. The summed E-state index contributed by atoms with van der Waals surface area (Å²) < 4.78 is 48.7. The summed E-state index contributed by atoms with van der Waals surface area (Å²) in [5.41, 5.74) is -1.36. The molecule has 9 heteroatoms. The third kappa shape index (κ3) is 4.98. The first-order valence-corrected chi connectivity index (χ1v) is 7.05. The molecule has 1 aromatic rings. The molecule has 0 aliphatic rings. The molecule has 1 N–H and O–H groups in total. The molecule has 130 valence electrons. The molecule has 0 aliphatic carbocycles. The first-order chi connectivity index (χ1) is 10.7. The van der Waals surface area contributed by atoms with Gasteiger partial charge in [-0.05, 0) is 12.8 Å². The minimum absolute atomic E-state index is 0.0998.